The molecule has 1 heterocycles. The van der Waals surface area contributed by atoms with E-state index in [0.29, 0.717) is 18.4 Å². The second-order valence-corrected chi connectivity index (χ2v) is 4.18. The summed E-state index contributed by atoms with van der Waals surface area (Å²) in [5.74, 6) is -2.92. The van der Waals surface area contributed by atoms with Gasteiger partial charge in [-0.3, -0.25) is 10.1 Å². The lowest BCUT2D eigenvalue weighted by atomic mass is 9.88. The van der Waals surface area contributed by atoms with Gasteiger partial charge in [0.1, 0.15) is 6.04 Å². The summed E-state index contributed by atoms with van der Waals surface area (Å²) in [4.78, 5) is 11.1. The maximum Gasteiger partial charge on any atom is 0.325 e. The molecule has 0 amide bonds. The van der Waals surface area contributed by atoms with Crippen LogP contribution in [0.15, 0.2) is 12.1 Å². The first-order valence-electron chi connectivity index (χ1n) is 5.50. The SMILES string of the molecule is CCC1Cc2c(ccc(F)c2F)C(C(=O)O)N1. The molecule has 0 bridgehead atoms. The molecule has 5 heteroatoms. The van der Waals surface area contributed by atoms with E-state index in [-0.39, 0.29) is 11.6 Å². The van der Waals surface area contributed by atoms with Gasteiger partial charge in [-0.2, -0.15) is 0 Å². The van der Waals surface area contributed by atoms with E-state index in [1.54, 1.807) is 0 Å². The predicted molar refractivity (Wildman–Crippen MR) is 57.7 cm³/mol. The lowest BCUT2D eigenvalue weighted by molar-refractivity contribution is -0.140. The minimum atomic E-state index is -1.07. The fraction of sp³-hybridized carbons (Fsp3) is 0.417. The van der Waals surface area contributed by atoms with Gasteiger partial charge >= 0.3 is 5.97 Å². The highest BCUT2D eigenvalue weighted by molar-refractivity contribution is 5.76. The molecule has 92 valence electrons. The minimum Gasteiger partial charge on any atom is -0.480 e. The van der Waals surface area contributed by atoms with Gasteiger partial charge in [0.15, 0.2) is 11.6 Å². The highest BCUT2D eigenvalue weighted by Gasteiger charge is 2.32. The molecule has 3 nitrogen and oxygen atoms in total. The Labute approximate surface area is 97.5 Å². The van der Waals surface area contributed by atoms with Crippen LogP contribution in [0.25, 0.3) is 0 Å². The normalized spacial score (nSPS) is 23.2. The molecule has 1 aromatic carbocycles. The van der Waals surface area contributed by atoms with Gasteiger partial charge in [-0.05, 0) is 30.0 Å². The first kappa shape index (κ1) is 12.0. The van der Waals surface area contributed by atoms with Crippen molar-refractivity contribution in [3.8, 4) is 0 Å². The second-order valence-electron chi connectivity index (χ2n) is 4.18. The number of carboxylic acids is 1. The third kappa shape index (κ3) is 2.02. The summed E-state index contributed by atoms with van der Waals surface area (Å²) in [5.41, 5.74) is 0.504. The van der Waals surface area contributed by atoms with E-state index in [2.05, 4.69) is 5.32 Å². The third-order valence-electron chi connectivity index (χ3n) is 3.14. The number of fused-ring (bicyclic) bond motifs is 1. The van der Waals surface area contributed by atoms with Crippen LogP contribution in [0.5, 0.6) is 0 Å². The largest absolute Gasteiger partial charge is 0.480 e. The molecule has 0 radical (unpaired) electrons. The van der Waals surface area contributed by atoms with Gasteiger partial charge in [0.05, 0.1) is 0 Å². The number of halogens is 2. The molecule has 0 saturated heterocycles. The van der Waals surface area contributed by atoms with Crippen molar-refractivity contribution in [2.75, 3.05) is 0 Å². The van der Waals surface area contributed by atoms with Gasteiger partial charge in [-0.25, -0.2) is 8.78 Å². The highest BCUT2D eigenvalue weighted by atomic mass is 19.2. The molecule has 0 aromatic heterocycles. The Balaban J connectivity index is 2.52. The number of rotatable bonds is 2. The Kier molecular flexibility index (Phi) is 3.11. The van der Waals surface area contributed by atoms with Crippen molar-refractivity contribution in [3.63, 3.8) is 0 Å². The van der Waals surface area contributed by atoms with E-state index in [0.717, 1.165) is 6.07 Å². The monoisotopic (exact) mass is 241 g/mol. The average molecular weight is 241 g/mol. The molecule has 1 aromatic rings. The Morgan fingerprint density at radius 1 is 1.53 bits per heavy atom. The molecule has 2 unspecified atom stereocenters. The van der Waals surface area contributed by atoms with Gasteiger partial charge < -0.3 is 5.11 Å². The number of hydrogen-bond donors (Lipinski definition) is 2. The predicted octanol–water partition coefficient (Wildman–Crippen LogP) is 2.01. The second kappa shape index (κ2) is 4.41. The Bertz CT molecular complexity index is 462. The van der Waals surface area contributed by atoms with E-state index in [1.165, 1.54) is 6.07 Å². The smallest absolute Gasteiger partial charge is 0.325 e. The van der Waals surface area contributed by atoms with Gasteiger partial charge in [0, 0.05) is 6.04 Å². The maximum absolute atomic E-state index is 13.6. The van der Waals surface area contributed by atoms with Crippen LogP contribution < -0.4 is 5.32 Å². The molecular formula is C12H13F2NO2. The van der Waals surface area contributed by atoms with Crippen LogP contribution in [0, 0.1) is 11.6 Å². The lowest BCUT2D eigenvalue weighted by Gasteiger charge is -2.30. The van der Waals surface area contributed by atoms with Crippen LogP contribution in [0.4, 0.5) is 8.78 Å². The summed E-state index contributed by atoms with van der Waals surface area (Å²) in [5, 5.41) is 12.0. The molecule has 1 aliphatic heterocycles. The summed E-state index contributed by atoms with van der Waals surface area (Å²) in [6, 6.07) is 1.21. The lowest BCUT2D eigenvalue weighted by Crippen LogP contribution is -2.43. The van der Waals surface area contributed by atoms with Crippen molar-refractivity contribution < 1.29 is 18.7 Å². The number of carboxylic acid groups (broad SMARTS) is 1. The molecule has 0 saturated carbocycles. The number of carbonyl (C=O) groups is 1. The van der Waals surface area contributed by atoms with Gasteiger partial charge in [0.2, 0.25) is 0 Å². The van der Waals surface area contributed by atoms with Gasteiger partial charge in [-0.1, -0.05) is 13.0 Å². The van der Waals surface area contributed by atoms with Crippen LogP contribution >= 0.6 is 0 Å². The van der Waals surface area contributed by atoms with Crippen molar-refractivity contribution in [2.45, 2.75) is 31.8 Å². The molecule has 17 heavy (non-hydrogen) atoms. The van der Waals surface area contributed by atoms with E-state index in [9.17, 15) is 13.6 Å². The van der Waals surface area contributed by atoms with Crippen molar-refractivity contribution in [1.29, 1.82) is 0 Å². The van der Waals surface area contributed by atoms with E-state index < -0.39 is 23.6 Å². The molecule has 2 atom stereocenters. The Hall–Kier alpha value is -1.49. The van der Waals surface area contributed by atoms with E-state index in [4.69, 9.17) is 5.11 Å². The number of hydrogen-bond acceptors (Lipinski definition) is 2. The molecule has 2 N–H and O–H groups in total. The number of aliphatic carboxylic acids is 1. The maximum atomic E-state index is 13.6. The van der Waals surface area contributed by atoms with Crippen LogP contribution in [-0.4, -0.2) is 17.1 Å². The standard InChI is InChI=1S/C12H13F2NO2/c1-2-6-5-8-7(11(15-6)12(16)17)3-4-9(13)10(8)14/h3-4,6,11,15H,2,5H2,1H3,(H,16,17). The molecule has 2 rings (SSSR count). The first-order chi connectivity index (χ1) is 8.04. The van der Waals surface area contributed by atoms with Crippen LogP contribution in [0.1, 0.15) is 30.5 Å². The third-order valence-corrected chi connectivity index (χ3v) is 3.14. The Morgan fingerprint density at radius 3 is 2.82 bits per heavy atom. The van der Waals surface area contributed by atoms with Crippen molar-refractivity contribution >= 4 is 5.97 Å². The summed E-state index contributed by atoms with van der Waals surface area (Å²) >= 11 is 0. The summed E-state index contributed by atoms with van der Waals surface area (Å²) in [6.07, 6.45) is 0.985. The number of nitrogens with one attached hydrogen (secondary N) is 1. The fourth-order valence-electron chi connectivity index (χ4n) is 2.18. The highest BCUT2D eigenvalue weighted by Crippen LogP contribution is 2.29. The summed E-state index contributed by atoms with van der Waals surface area (Å²) in [6.45, 7) is 1.87. The first-order valence-corrected chi connectivity index (χ1v) is 5.50. The van der Waals surface area contributed by atoms with E-state index in [1.807, 2.05) is 6.92 Å². The van der Waals surface area contributed by atoms with Crippen molar-refractivity contribution in [2.24, 2.45) is 0 Å². The number of benzene rings is 1. The zero-order valence-electron chi connectivity index (χ0n) is 9.34. The van der Waals surface area contributed by atoms with Crippen LogP contribution in [0.2, 0.25) is 0 Å². The zero-order chi connectivity index (χ0) is 12.6. The van der Waals surface area contributed by atoms with Gasteiger partial charge in [-0.15, -0.1) is 0 Å². The van der Waals surface area contributed by atoms with Gasteiger partial charge in [0.25, 0.3) is 0 Å². The minimum absolute atomic E-state index is 0.139. The Morgan fingerprint density at radius 2 is 2.24 bits per heavy atom. The van der Waals surface area contributed by atoms with Crippen LogP contribution in [0.3, 0.4) is 0 Å². The summed E-state index contributed by atoms with van der Waals surface area (Å²) < 4.78 is 26.8. The molecule has 0 aliphatic carbocycles. The summed E-state index contributed by atoms with van der Waals surface area (Å²) in [7, 11) is 0. The van der Waals surface area contributed by atoms with E-state index >= 15 is 0 Å². The molecule has 0 fully saturated rings. The topological polar surface area (TPSA) is 49.3 Å². The zero-order valence-corrected chi connectivity index (χ0v) is 9.34. The van der Waals surface area contributed by atoms with Crippen molar-refractivity contribution in [3.05, 3.63) is 34.9 Å². The quantitative estimate of drug-likeness (QED) is 0.832. The van der Waals surface area contributed by atoms with Crippen molar-refractivity contribution in [1.82, 2.24) is 5.32 Å². The van der Waals surface area contributed by atoms with Crippen LogP contribution in [-0.2, 0) is 11.2 Å². The molecule has 0 spiro atoms. The fourth-order valence-corrected chi connectivity index (χ4v) is 2.18. The molecule has 1 aliphatic rings. The molecular weight excluding hydrogens is 228 g/mol. The average Bonchev–Trinajstić information content (AvgIpc) is 2.32.